The van der Waals surface area contributed by atoms with Gasteiger partial charge in [-0.1, -0.05) is 6.07 Å². The quantitative estimate of drug-likeness (QED) is 0.869. The van der Waals surface area contributed by atoms with Crippen molar-refractivity contribution in [2.75, 3.05) is 19.6 Å². The first-order chi connectivity index (χ1) is 8.43. The highest BCUT2D eigenvalue weighted by Crippen LogP contribution is 2.27. The van der Waals surface area contributed by atoms with Crippen molar-refractivity contribution in [3.63, 3.8) is 0 Å². The number of aryl methyl sites for hydroxylation is 1. The Morgan fingerprint density at radius 2 is 2.11 bits per heavy atom. The van der Waals surface area contributed by atoms with Crippen molar-refractivity contribution in [1.29, 1.82) is 0 Å². The number of hydrogen-bond acceptors (Lipinski definition) is 3. The molecule has 2 rings (SSSR count). The second kappa shape index (κ2) is 6.54. The lowest BCUT2D eigenvalue weighted by atomic mass is 10.2. The summed E-state index contributed by atoms with van der Waals surface area (Å²) >= 11 is 3.35. The van der Waals surface area contributed by atoms with Gasteiger partial charge in [0.05, 0.1) is 4.90 Å². The summed E-state index contributed by atoms with van der Waals surface area (Å²) in [6.45, 7) is 5.78. The summed E-state index contributed by atoms with van der Waals surface area (Å²) in [6.07, 6.45) is 0. The first kappa shape index (κ1) is 16.9. The maximum absolute atomic E-state index is 12.6. The van der Waals surface area contributed by atoms with Crippen LogP contribution in [0.3, 0.4) is 0 Å². The van der Waals surface area contributed by atoms with Crippen LogP contribution in [-0.2, 0) is 10.0 Å². The number of halogens is 2. The molecule has 0 unspecified atom stereocenters. The second-order valence-corrected chi connectivity index (χ2v) is 7.32. The average Bonchev–Trinajstić information content (AvgIpc) is 2.28. The van der Waals surface area contributed by atoms with E-state index in [0.717, 1.165) is 5.56 Å². The topological polar surface area (TPSA) is 49.4 Å². The lowest BCUT2D eigenvalue weighted by Crippen LogP contribution is -2.52. The minimum Gasteiger partial charge on any atom is -0.314 e. The molecule has 1 heterocycles. The SMILES string of the molecule is Cc1ccc(S(=O)(=O)N2CCNC[C@H]2C)c(Br)c1.Cl. The fourth-order valence-electron chi connectivity index (χ4n) is 2.12. The molecule has 0 radical (unpaired) electrons. The zero-order valence-electron chi connectivity index (χ0n) is 10.9. The molecule has 0 aliphatic carbocycles. The van der Waals surface area contributed by atoms with Gasteiger partial charge in [0.1, 0.15) is 0 Å². The van der Waals surface area contributed by atoms with Crippen LogP contribution < -0.4 is 5.32 Å². The highest BCUT2D eigenvalue weighted by Gasteiger charge is 2.32. The molecular weight excluding hydrogens is 352 g/mol. The first-order valence-corrected chi connectivity index (χ1v) is 8.15. The molecular formula is C12H18BrClN2O2S. The van der Waals surface area contributed by atoms with Gasteiger partial charge in [0.2, 0.25) is 10.0 Å². The van der Waals surface area contributed by atoms with E-state index in [1.807, 2.05) is 26.0 Å². The normalized spacial score (nSPS) is 20.9. The van der Waals surface area contributed by atoms with Crippen molar-refractivity contribution >= 4 is 38.4 Å². The predicted octanol–water partition coefficient (Wildman–Crippen LogP) is 2.16. The van der Waals surface area contributed by atoms with Gasteiger partial charge in [0.25, 0.3) is 0 Å². The molecule has 1 saturated heterocycles. The third kappa shape index (κ3) is 3.49. The summed E-state index contributed by atoms with van der Waals surface area (Å²) in [4.78, 5) is 0.349. The molecule has 0 bridgehead atoms. The van der Waals surface area contributed by atoms with E-state index in [4.69, 9.17) is 0 Å². The number of nitrogens with one attached hydrogen (secondary N) is 1. The van der Waals surface area contributed by atoms with Gasteiger partial charge in [-0.15, -0.1) is 12.4 Å². The van der Waals surface area contributed by atoms with E-state index in [1.54, 1.807) is 10.4 Å². The Balaban J connectivity index is 0.00000180. The van der Waals surface area contributed by atoms with Gasteiger partial charge in [0, 0.05) is 30.1 Å². The fourth-order valence-corrected chi connectivity index (χ4v) is 4.91. The molecule has 1 atom stereocenters. The molecule has 7 heteroatoms. The highest BCUT2D eigenvalue weighted by molar-refractivity contribution is 9.10. The summed E-state index contributed by atoms with van der Waals surface area (Å²) < 4.78 is 27.4. The van der Waals surface area contributed by atoms with Crippen LogP contribution in [0.25, 0.3) is 0 Å². The molecule has 0 amide bonds. The number of nitrogens with zero attached hydrogens (tertiary/aromatic N) is 1. The second-order valence-electron chi connectivity index (χ2n) is 4.60. The molecule has 4 nitrogen and oxygen atoms in total. The Labute approximate surface area is 129 Å². The standard InChI is InChI=1S/C12H17BrN2O2S.ClH/c1-9-3-4-12(11(13)7-9)18(16,17)15-6-5-14-8-10(15)2;/h3-4,7,10,14H,5-6,8H2,1-2H3;1H/t10-;/m1./s1. The van der Waals surface area contributed by atoms with Crippen molar-refractivity contribution in [2.45, 2.75) is 24.8 Å². The molecule has 1 fully saturated rings. The van der Waals surface area contributed by atoms with Crippen LogP contribution in [0.15, 0.2) is 27.6 Å². The van der Waals surface area contributed by atoms with Crippen molar-refractivity contribution in [2.24, 2.45) is 0 Å². The van der Waals surface area contributed by atoms with Crippen LogP contribution in [0.1, 0.15) is 12.5 Å². The van der Waals surface area contributed by atoms with E-state index < -0.39 is 10.0 Å². The van der Waals surface area contributed by atoms with Crippen LogP contribution in [0.2, 0.25) is 0 Å². The summed E-state index contributed by atoms with van der Waals surface area (Å²) in [5.74, 6) is 0. The molecule has 1 aromatic carbocycles. The zero-order valence-corrected chi connectivity index (χ0v) is 14.1. The van der Waals surface area contributed by atoms with Crippen LogP contribution in [0.5, 0.6) is 0 Å². The Morgan fingerprint density at radius 1 is 1.42 bits per heavy atom. The van der Waals surface area contributed by atoms with Gasteiger partial charge in [-0.05, 0) is 47.5 Å². The van der Waals surface area contributed by atoms with Gasteiger partial charge < -0.3 is 5.32 Å². The molecule has 0 saturated carbocycles. The minimum atomic E-state index is -3.41. The maximum Gasteiger partial charge on any atom is 0.244 e. The first-order valence-electron chi connectivity index (χ1n) is 5.91. The van der Waals surface area contributed by atoms with E-state index in [-0.39, 0.29) is 18.4 Å². The number of hydrogen-bond donors (Lipinski definition) is 1. The lowest BCUT2D eigenvalue weighted by Gasteiger charge is -2.33. The van der Waals surface area contributed by atoms with E-state index in [1.165, 1.54) is 0 Å². The van der Waals surface area contributed by atoms with Gasteiger partial charge in [0.15, 0.2) is 0 Å². The Kier molecular flexibility index (Phi) is 5.82. The van der Waals surface area contributed by atoms with Gasteiger partial charge in [-0.25, -0.2) is 8.42 Å². The molecule has 0 aromatic heterocycles. The Hall–Kier alpha value is -0.140. The lowest BCUT2D eigenvalue weighted by molar-refractivity contribution is 0.283. The number of rotatable bonds is 2. The van der Waals surface area contributed by atoms with E-state index in [9.17, 15) is 8.42 Å². The third-order valence-corrected chi connectivity index (χ3v) is 6.10. The van der Waals surface area contributed by atoms with Crippen LogP contribution in [0, 0.1) is 6.92 Å². The fraction of sp³-hybridized carbons (Fsp3) is 0.500. The monoisotopic (exact) mass is 368 g/mol. The van der Waals surface area contributed by atoms with Crippen molar-refractivity contribution in [3.05, 3.63) is 28.2 Å². The zero-order chi connectivity index (χ0) is 13.3. The van der Waals surface area contributed by atoms with Gasteiger partial charge >= 0.3 is 0 Å². The molecule has 0 spiro atoms. The van der Waals surface area contributed by atoms with E-state index in [2.05, 4.69) is 21.2 Å². The molecule has 19 heavy (non-hydrogen) atoms. The van der Waals surface area contributed by atoms with E-state index >= 15 is 0 Å². The highest BCUT2D eigenvalue weighted by atomic mass is 79.9. The van der Waals surface area contributed by atoms with E-state index in [0.29, 0.717) is 29.0 Å². The van der Waals surface area contributed by atoms with Crippen LogP contribution in [0.4, 0.5) is 0 Å². The number of benzene rings is 1. The summed E-state index contributed by atoms with van der Waals surface area (Å²) in [5.41, 5.74) is 1.04. The maximum atomic E-state index is 12.6. The molecule has 1 aromatic rings. The van der Waals surface area contributed by atoms with Crippen molar-refractivity contribution in [3.8, 4) is 0 Å². The van der Waals surface area contributed by atoms with Gasteiger partial charge in [-0.2, -0.15) is 4.31 Å². The van der Waals surface area contributed by atoms with Crippen molar-refractivity contribution < 1.29 is 8.42 Å². The molecule has 1 aliphatic heterocycles. The smallest absolute Gasteiger partial charge is 0.244 e. The van der Waals surface area contributed by atoms with Crippen molar-refractivity contribution in [1.82, 2.24) is 9.62 Å². The minimum absolute atomic E-state index is 0. The number of sulfonamides is 1. The Morgan fingerprint density at radius 3 is 2.68 bits per heavy atom. The Bertz CT molecular complexity index is 551. The summed E-state index contributed by atoms with van der Waals surface area (Å²) in [6, 6.07) is 5.31. The molecule has 1 N–H and O–H groups in total. The summed E-state index contributed by atoms with van der Waals surface area (Å²) in [7, 11) is -3.41. The molecule has 108 valence electrons. The average molecular weight is 370 g/mol. The number of piperazine rings is 1. The molecule has 1 aliphatic rings. The van der Waals surface area contributed by atoms with Gasteiger partial charge in [-0.3, -0.25) is 0 Å². The summed E-state index contributed by atoms with van der Waals surface area (Å²) in [5, 5.41) is 3.19. The van der Waals surface area contributed by atoms with Crippen LogP contribution in [-0.4, -0.2) is 38.4 Å². The third-order valence-electron chi connectivity index (χ3n) is 3.11. The largest absolute Gasteiger partial charge is 0.314 e. The predicted molar refractivity (Wildman–Crippen MR) is 82.4 cm³/mol. The van der Waals surface area contributed by atoms with Crippen LogP contribution >= 0.6 is 28.3 Å².